The van der Waals surface area contributed by atoms with Gasteiger partial charge in [-0.3, -0.25) is 4.99 Å². The lowest BCUT2D eigenvalue weighted by Gasteiger charge is -2.29. The number of guanidine groups is 1. The highest BCUT2D eigenvalue weighted by Crippen LogP contribution is 2.26. The molecule has 0 atom stereocenters. The summed E-state index contributed by atoms with van der Waals surface area (Å²) in [6, 6.07) is 8.80. The molecule has 1 aromatic rings. The first-order chi connectivity index (χ1) is 13.3. The quantitative estimate of drug-likeness (QED) is 0.271. The van der Waals surface area contributed by atoms with Crippen molar-refractivity contribution in [1.82, 2.24) is 10.6 Å². The van der Waals surface area contributed by atoms with Crippen molar-refractivity contribution in [1.29, 1.82) is 0 Å². The Morgan fingerprint density at radius 1 is 1.17 bits per heavy atom. The van der Waals surface area contributed by atoms with Crippen molar-refractivity contribution in [2.75, 3.05) is 19.7 Å². The molecule has 0 bridgehead atoms. The lowest BCUT2D eigenvalue weighted by Crippen LogP contribution is -2.45. The van der Waals surface area contributed by atoms with E-state index in [0.29, 0.717) is 18.5 Å². The Balaban J connectivity index is 0.00000420. The summed E-state index contributed by atoms with van der Waals surface area (Å²) >= 11 is 0. The first-order valence-electron chi connectivity index (χ1n) is 10.8. The number of hydrogen-bond donors (Lipinski definition) is 3. The third-order valence-electron chi connectivity index (χ3n) is 5.23. The summed E-state index contributed by atoms with van der Waals surface area (Å²) in [6.07, 6.45) is 3.59. The molecule has 2 rings (SSSR count). The molecule has 3 N–H and O–H groups in total. The lowest BCUT2D eigenvalue weighted by atomic mass is 9.85. The van der Waals surface area contributed by atoms with Crippen LogP contribution in [0.25, 0.3) is 0 Å². The van der Waals surface area contributed by atoms with Gasteiger partial charge in [0.1, 0.15) is 5.75 Å². The molecule has 0 saturated heterocycles. The Labute approximate surface area is 194 Å². The van der Waals surface area contributed by atoms with Crippen LogP contribution >= 0.6 is 24.0 Å². The molecular weight excluding hydrogens is 477 g/mol. The van der Waals surface area contributed by atoms with Crippen LogP contribution in [0.15, 0.2) is 29.3 Å². The Bertz CT molecular complexity index is 609. The van der Waals surface area contributed by atoms with Crippen molar-refractivity contribution >= 4 is 29.9 Å². The van der Waals surface area contributed by atoms with E-state index >= 15 is 0 Å². The van der Waals surface area contributed by atoms with Crippen LogP contribution in [0, 0.1) is 5.92 Å². The van der Waals surface area contributed by atoms with E-state index in [4.69, 9.17) is 9.73 Å². The molecule has 0 heterocycles. The maximum atomic E-state index is 9.70. The van der Waals surface area contributed by atoms with E-state index in [1.807, 2.05) is 0 Å². The van der Waals surface area contributed by atoms with Gasteiger partial charge in [-0.25, -0.2) is 0 Å². The number of nitrogens with one attached hydrogen (secondary N) is 2. The first-order valence-corrected chi connectivity index (χ1v) is 10.8. The van der Waals surface area contributed by atoms with Gasteiger partial charge in [-0.15, -0.1) is 24.0 Å². The second kappa shape index (κ2) is 12.6. The highest BCUT2D eigenvalue weighted by molar-refractivity contribution is 14.0. The van der Waals surface area contributed by atoms with Gasteiger partial charge in [0, 0.05) is 18.0 Å². The molecular formula is C23H40IN3O2. The van der Waals surface area contributed by atoms with Crippen LogP contribution in [0.5, 0.6) is 5.75 Å². The average Bonchev–Trinajstić information content (AvgIpc) is 2.67. The fourth-order valence-corrected chi connectivity index (χ4v) is 3.37. The van der Waals surface area contributed by atoms with Gasteiger partial charge in [-0.1, -0.05) is 39.8 Å². The normalized spacial score (nSPS) is 20.2. The van der Waals surface area contributed by atoms with Crippen LogP contribution in [0.2, 0.25) is 0 Å². The van der Waals surface area contributed by atoms with Gasteiger partial charge >= 0.3 is 0 Å². The standard InChI is InChI=1S/C23H39N3O2.HI/c1-6-24-22(26-19-9-11-20(27)12-10-19)25-16-23(4,5)18-7-13-21(14-8-18)28-15-17(2)3;/h7-8,13-14,17,19-20,27H,6,9-12,15-16H2,1-5H3,(H2,24,25,26);1H. The van der Waals surface area contributed by atoms with Gasteiger partial charge < -0.3 is 20.5 Å². The maximum Gasteiger partial charge on any atom is 0.191 e. The summed E-state index contributed by atoms with van der Waals surface area (Å²) in [6.45, 7) is 13.1. The Morgan fingerprint density at radius 3 is 2.34 bits per heavy atom. The molecule has 1 aliphatic rings. The number of benzene rings is 1. The monoisotopic (exact) mass is 517 g/mol. The zero-order valence-electron chi connectivity index (χ0n) is 18.7. The van der Waals surface area contributed by atoms with Crippen LogP contribution in [-0.4, -0.2) is 42.9 Å². The van der Waals surface area contributed by atoms with Crippen LogP contribution in [-0.2, 0) is 5.41 Å². The van der Waals surface area contributed by atoms with Crippen LogP contribution < -0.4 is 15.4 Å². The lowest BCUT2D eigenvalue weighted by molar-refractivity contribution is 0.120. The zero-order chi connectivity index (χ0) is 20.6. The molecule has 1 aliphatic carbocycles. The molecule has 0 aliphatic heterocycles. The largest absolute Gasteiger partial charge is 0.493 e. The predicted molar refractivity (Wildman–Crippen MR) is 133 cm³/mol. The Hall–Kier alpha value is -1.02. The highest BCUT2D eigenvalue weighted by Gasteiger charge is 2.22. The topological polar surface area (TPSA) is 65.9 Å². The minimum absolute atomic E-state index is 0. The van der Waals surface area contributed by atoms with Crippen LogP contribution in [0.4, 0.5) is 0 Å². The molecule has 166 valence electrons. The summed E-state index contributed by atoms with van der Waals surface area (Å²) in [7, 11) is 0. The van der Waals surface area contributed by atoms with E-state index in [1.165, 1.54) is 5.56 Å². The Morgan fingerprint density at radius 2 is 1.79 bits per heavy atom. The van der Waals surface area contributed by atoms with Gasteiger partial charge in [0.2, 0.25) is 0 Å². The van der Waals surface area contributed by atoms with E-state index in [9.17, 15) is 5.11 Å². The van der Waals surface area contributed by atoms with Gasteiger partial charge in [0.15, 0.2) is 5.96 Å². The van der Waals surface area contributed by atoms with Crippen molar-refractivity contribution in [3.8, 4) is 5.75 Å². The van der Waals surface area contributed by atoms with Gasteiger partial charge in [0.05, 0.1) is 19.3 Å². The second-order valence-electron chi connectivity index (χ2n) is 8.96. The zero-order valence-corrected chi connectivity index (χ0v) is 21.0. The molecule has 29 heavy (non-hydrogen) atoms. The summed E-state index contributed by atoms with van der Waals surface area (Å²) in [4.78, 5) is 4.86. The number of aliphatic hydroxyl groups excluding tert-OH is 1. The minimum atomic E-state index is -0.135. The molecule has 1 fully saturated rings. The predicted octanol–water partition coefficient (Wildman–Crippen LogP) is 4.48. The number of nitrogens with zero attached hydrogens (tertiary/aromatic N) is 1. The van der Waals surface area contributed by atoms with E-state index in [1.54, 1.807) is 0 Å². The van der Waals surface area contributed by atoms with Crippen LogP contribution in [0.1, 0.15) is 65.9 Å². The molecule has 0 amide bonds. The number of halogens is 1. The van der Waals surface area contributed by atoms with Gasteiger partial charge in [0.25, 0.3) is 0 Å². The second-order valence-corrected chi connectivity index (χ2v) is 8.96. The summed E-state index contributed by atoms with van der Waals surface area (Å²) in [5.74, 6) is 2.31. The molecule has 0 unspecified atom stereocenters. The number of rotatable bonds is 8. The van der Waals surface area contributed by atoms with E-state index < -0.39 is 0 Å². The third-order valence-corrected chi connectivity index (χ3v) is 5.23. The number of ether oxygens (including phenoxy) is 1. The number of hydrogen-bond acceptors (Lipinski definition) is 3. The van der Waals surface area contributed by atoms with Crippen molar-refractivity contribution < 1.29 is 9.84 Å². The van der Waals surface area contributed by atoms with Crippen LogP contribution in [0.3, 0.4) is 0 Å². The third kappa shape index (κ3) is 9.11. The van der Waals surface area contributed by atoms with Gasteiger partial charge in [-0.05, 0) is 56.2 Å². The fraction of sp³-hybridized carbons (Fsp3) is 0.696. The summed E-state index contributed by atoms with van der Waals surface area (Å²) in [5.41, 5.74) is 1.19. The smallest absolute Gasteiger partial charge is 0.191 e. The molecule has 5 nitrogen and oxygen atoms in total. The van der Waals surface area contributed by atoms with E-state index in [-0.39, 0.29) is 35.5 Å². The van der Waals surface area contributed by atoms with Crippen molar-refractivity contribution in [2.45, 2.75) is 77.9 Å². The first kappa shape index (κ1) is 26.0. The summed E-state index contributed by atoms with van der Waals surface area (Å²) in [5, 5.41) is 16.6. The molecule has 0 aromatic heterocycles. The SMILES string of the molecule is CCNC(=NCC(C)(C)c1ccc(OCC(C)C)cc1)NC1CCC(O)CC1.I. The number of aliphatic imine (C=N–C) groups is 1. The van der Waals surface area contributed by atoms with Gasteiger partial charge in [-0.2, -0.15) is 0 Å². The molecule has 1 saturated carbocycles. The number of aliphatic hydroxyl groups is 1. The minimum Gasteiger partial charge on any atom is -0.493 e. The van der Waals surface area contributed by atoms with Crippen molar-refractivity contribution in [3.63, 3.8) is 0 Å². The highest BCUT2D eigenvalue weighted by atomic mass is 127. The van der Waals surface area contributed by atoms with Crippen molar-refractivity contribution in [2.24, 2.45) is 10.9 Å². The van der Waals surface area contributed by atoms with E-state index in [2.05, 4.69) is 69.5 Å². The van der Waals surface area contributed by atoms with E-state index in [0.717, 1.165) is 50.5 Å². The molecule has 6 heteroatoms. The molecule has 1 aromatic carbocycles. The molecule has 0 spiro atoms. The Kier molecular flexibility index (Phi) is 11.3. The maximum absolute atomic E-state index is 9.70. The fourth-order valence-electron chi connectivity index (χ4n) is 3.37. The summed E-state index contributed by atoms with van der Waals surface area (Å²) < 4.78 is 5.79. The van der Waals surface area contributed by atoms with Crippen molar-refractivity contribution in [3.05, 3.63) is 29.8 Å². The average molecular weight is 517 g/mol. The molecule has 0 radical (unpaired) electrons.